The van der Waals surface area contributed by atoms with Crippen LogP contribution < -0.4 is 11.1 Å². The number of rotatable bonds is 6. The van der Waals surface area contributed by atoms with E-state index >= 15 is 0 Å². The van der Waals surface area contributed by atoms with Crippen LogP contribution in [-0.2, 0) is 11.3 Å². The SMILES string of the molecule is CC(C(=O)NCCn1ccnc1)C(N)c1ccccc1. The molecule has 2 rings (SSSR count). The van der Waals surface area contributed by atoms with Crippen LogP contribution >= 0.6 is 0 Å². The predicted octanol–water partition coefficient (Wildman–Crippen LogP) is 1.34. The summed E-state index contributed by atoms with van der Waals surface area (Å²) in [5.74, 6) is -0.290. The number of benzene rings is 1. The molecule has 2 aromatic rings. The van der Waals surface area contributed by atoms with E-state index in [0.717, 1.165) is 5.56 Å². The molecule has 0 bridgehead atoms. The Bertz CT molecular complexity index is 524. The van der Waals surface area contributed by atoms with Crippen LogP contribution in [-0.4, -0.2) is 22.0 Å². The van der Waals surface area contributed by atoms with Crippen molar-refractivity contribution in [2.45, 2.75) is 19.5 Å². The molecular weight excluding hydrogens is 252 g/mol. The number of amides is 1. The molecule has 1 aromatic heterocycles. The topological polar surface area (TPSA) is 72.9 Å². The second-order valence-electron chi connectivity index (χ2n) is 4.82. The van der Waals surface area contributed by atoms with Crippen LogP contribution in [0.2, 0.25) is 0 Å². The first-order valence-corrected chi connectivity index (χ1v) is 6.72. The summed E-state index contributed by atoms with van der Waals surface area (Å²) >= 11 is 0. The van der Waals surface area contributed by atoms with Crippen molar-refractivity contribution in [1.82, 2.24) is 14.9 Å². The molecule has 1 heterocycles. The van der Waals surface area contributed by atoms with Gasteiger partial charge in [0.2, 0.25) is 5.91 Å². The lowest BCUT2D eigenvalue weighted by molar-refractivity contribution is -0.125. The number of nitrogens with one attached hydrogen (secondary N) is 1. The second kappa shape index (κ2) is 6.86. The van der Waals surface area contributed by atoms with Crippen molar-refractivity contribution in [3.05, 3.63) is 54.6 Å². The van der Waals surface area contributed by atoms with Gasteiger partial charge in [-0.25, -0.2) is 4.98 Å². The molecule has 0 aliphatic heterocycles. The molecule has 5 heteroatoms. The zero-order chi connectivity index (χ0) is 14.4. The number of hydrogen-bond donors (Lipinski definition) is 2. The normalized spacial score (nSPS) is 13.7. The van der Waals surface area contributed by atoms with Gasteiger partial charge in [0.25, 0.3) is 0 Å². The lowest BCUT2D eigenvalue weighted by Gasteiger charge is -2.19. The molecule has 2 atom stereocenters. The first-order valence-electron chi connectivity index (χ1n) is 6.72. The summed E-state index contributed by atoms with van der Waals surface area (Å²) in [6.07, 6.45) is 5.31. The van der Waals surface area contributed by atoms with Gasteiger partial charge in [-0.2, -0.15) is 0 Å². The molecule has 0 spiro atoms. The van der Waals surface area contributed by atoms with E-state index in [1.807, 2.05) is 48.0 Å². The maximum Gasteiger partial charge on any atom is 0.224 e. The number of carbonyl (C=O) groups is 1. The van der Waals surface area contributed by atoms with Crippen molar-refractivity contribution >= 4 is 5.91 Å². The fourth-order valence-corrected chi connectivity index (χ4v) is 2.02. The zero-order valence-corrected chi connectivity index (χ0v) is 11.6. The van der Waals surface area contributed by atoms with Crippen LogP contribution in [0.25, 0.3) is 0 Å². The third-order valence-corrected chi connectivity index (χ3v) is 3.37. The maximum atomic E-state index is 12.1. The first-order chi connectivity index (χ1) is 9.68. The smallest absolute Gasteiger partial charge is 0.224 e. The molecular formula is C15H20N4O. The number of aromatic nitrogens is 2. The molecule has 0 radical (unpaired) electrons. The molecule has 20 heavy (non-hydrogen) atoms. The number of nitrogens with zero attached hydrogens (tertiary/aromatic N) is 2. The third kappa shape index (κ3) is 3.68. The Hall–Kier alpha value is -2.14. The van der Waals surface area contributed by atoms with Crippen molar-refractivity contribution in [3.8, 4) is 0 Å². The van der Waals surface area contributed by atoms with Crippen molar-refractivity contribution in [2.75, 3.05) is 6.54 Å². The molecule has 2 unspecified atom stereocenters. The Labute approximate surface area is 118 Å². The van der Waals surface area contributed by atoms with Gasteiger partial charge >= 0.3 is 0 Å². The Balaban J connectivity index is 1.82. The van der Waals surface area contributed by atoms with Crippen molar-refractivity contribution in [2.24, 2.45) is 11.7 Å². The van der Waals surface area contributed by atoms with E-state index in [4.69, 9.17) is 5.73 Å². The van der Waals surface area contributed by atoms with Crippen LogP contribution in [0.1, 0.15) is 18.5 Å². The maximum absolute atomic E-state index is 12.1. The van der Waals surface area contributed by atoms with Crippen LogP contribution in [0.5, 0.6) is 0 Å². The van der Waals surface area contributed by atoms with Gasteiger partial charge in [0.1, 0.15) is 0 Å². The minimum Gasteiger partial charge on any atom is -0.354 e. The number of hydrogen-bond acceptors (Lipinski definition) is 3. The van der Waals surface area contributed by atoms with E-state index in [-0.39, 0.29) is 17.9 Å². The van der Waals surface area contributed by atoms with Gasteiger partial charge in [-0.15, -0.1) is 0 Å². The van der Waals surface area contributed by atoms with Crippen LogP contribution in [0, 0.1) is 5.92 Å². The zero-order valence-electron chi connectivity index (χ0n) is 11.6. The van der Waals surface area contributed by atoms with Gasteiger partial charge in [-0.1, -0.05) is 37.3 Å². The second-order valence-corrected chi connectivity index (χ2v) is 4.82. The molecule has 0 aliphatic carbocycles. The Morgan fingerprint density at radius 2 is 2.15 bits per heavy atom. The summed E-state index contributed by atoms with van der Waals surface area (Å²) < 4.78 is 1.92. The van der Waals surface area contributed by atoms with Gasteiger partial charge < -0.3 is 15.6 Å². The van der Waals surface area contributed by atoms with E-state index in [9.17, 15) is 4.79 Å². The largest absolute Gasteiger partial charge is 0.354 e. The summed E-state index contributed by atoms with van der Waals surface area (Å²) in [5, 5.41) is 2.90. The Morgan fingerprint density at radius 1 is 1.40 bits per heavy atom. The highest BCUT2D eigenvalue weighted by atomic mass is 16.1. The number of carbonyl (C=O) groups excluding carboxylic acids is 1. The summed E-state index contributed by atoms with van der Waals surface area (Å²) in [6.45, 7) is 3.13. The predicted molar refractivity (Wildman–Crippen MR) is 77.8 cm³/mol. The first kappa shape index (κ1) is 14.3. The molecule has 0 saturated carbocycles. The minimum atomic E-state index is -0.288. The number of nitrogens with two attached hydrogens (primary N) is 1. The number of imidazole rings is 1. The lowest BCUT2D eigenvalue weighted by atomic mass is 9.95. The van der Waals surface area contributed by atoms with Gasteiger partial charge in [0.15, 0.2) is 0 Å². The molecule has 5 nitrogen and oxygen atoms in total. The summed E-state index contributed by atoms with van der Waals surface area (Å²) in [4.78, 5) is 16.0. The standard InChI is InChI=1S/C15H20N4O/c1-12(14(16)13-5-3-2-4-6-13)15(20)18-8-10-19-9-7-17-11-19/h2-7,9,11-12,14H,8,10,16H2,1H3,(H,18,20). The summed E-state index contributed by atoms with van der Waals surface area (Å²) in [7, 11) is 0. The molecule has 1 amide bonds. The summed E-state index contributed by atoms with van der Waals surface area (Å²) in [5.41, 5.74) is 7.11. The average Bonchev–Trinajstić information content (AvgIpc) is 2.99. The minimum absolute atomic E-state index is 0.0264. The van der Waals surface area contributed by atoms with E-state index in [2.05, 4.69) is 10.3 Å². The van der Waals surface area contributed by atoms with E-state index in [1.54, 1.807) is 12.5 Å². The van der Waals surface area contributed by atoms with Crippen LogP contribution in [0.4, 0.5) is 0 Å². The van der Waals surface area contributed by atoms with Gasteiger partial charge in [0, 0.05) is 31.5 Å². The molecule has 106 valence electrons. The van der Waals surface area contributed by atoms with Gasteiger partial charge in [-0.05, 0) is 5.56 Å². The highest BCUT2D eigenvalue weighted by Crippen LogP contribution is 2.18. The molecule has 1 aromatic carbocycles. The molecule has 0 saturated heterocycles. The third-order valence-electron chi connectivity index (χ3n) is 3.37. The lowest BCUT2D eigenvalue weighted by Crippen LogP contribution is -2.37. The quantitative estimate of drug-likeness (QED) is 0.833. The van der Waals surface area contributed by atoms with Crippen LogP contribution in [0.3, 0.4) is 0 Å². The average molecular weight is 272 g/mol. The monoisotopic (exact) mass is 272 g/mol. The van der Waals surface area contributed by atoms with Crippen LogP contribution in [0.15, 0.2) is 49.1 Å². The van der Waals surface area contributed by atoms with Crippen molar-refractivity contribution < 1.29 is 4.79 Å². The van der Waals surface area contributed by atoms with E-state index < -0.39 is 0 Å². The molecule has 0 aliphatic rings. The fraction of sp³-hybridized carbons (Fsp3) is 0.333. The van der Waals surface area contributed by atoms with Crippen molar-refractivity contribution in [3.63, 3.8) is 0 Å². The summed E-state index contributed by atoms with van der Waals surface area (Å²) in [6, 6.07) is 9.40. The highest BCUT2D eigenvalue weighted by molar-refractivity contribution is 5.79. The Kier molecular flexibility index (Phi) is 4.90. The Morgan fingerprint density at radius 3 is 2.80 bits per heavy atom. The fourth-order valence-electron chi connectivity index (χ4n) is 2.02. The van der Waals surface area contributed by atoms with Gasteiger partial charge in [-0.3, -0.25) is 4.79 Å². The van der Waals surface area contributed by atoms with E-state index in [0.29, 0.717) is 13.1 Å². The van der Waals surface area contributed by atoms with Crippen molar-refractivity contribution in [1.29, 1.82) is 0 Å². The van der Waals surface area contributed by atoms with E-state index in [1.165, 1.54) is 0 Å². The molecule has 0 fully saturated rings. The highest BCUT2D eigenvalue weighted by Gasteiger charge is 2.21. The molecule has 3 N–H and O–H groups in total. The van der Waals surface area contributed by atoms with Gasteiger partial charge in [0.05, 0.1) is 12.2 Å².